The molecule has 6 nitrogen and oxygen atoms in total. The third-order valence-corrected chi connectivity index (χ3v) is 3.87. The summed E-state index contributed by atoms with van der Waals surface area (Å²) in [5.74, 6) is -0.866. The summed E-state index contributed by atoms with van der Waals surface area (Å²) in [7, 11) is 0. The van der Waals surface area contributed by atoms with Crippen molar-refractivity contribution in [3.8, 4) is 5.75 Å². The van der Waals surface area contributed by atoms with Crippen molar-refractivity contribution in [1.82, 2.24) is 10.2 Å². The molecule has 1 heterocycles. The fourth-order valence-electron chi connectivity index (χ4n) is 2.39. The van der Waals surface area contributed by atoms with Gasteiger partial charge in [0.1, 0.15) is 5.75 Å². The molecule has 1 fully saturated rings. The SMILES string of the molecule is CC1(C(=O)O)CCN(C(=O)NCc2ccc(OC(F)F)cc2)C1. The maximum atomic E-state index is 12.0. The molecule has 0 bridgehead atoms. The number of carbonyl (C=O) groups is 2. The molecule has 1 saturated heterocycles. The van der Waals surface area contributed by atoms with Gasteiger partial charge in [-0.15, -0.1) is 0 Å². The molecule has 2 N–H and O–H groups in total. The largest absolute Gasteiger partial charge is 0.481 e. The molecule has 8 heteroatoms. The number of hydrogen-bond donors (Lipinski definition) is 2. The van der Waals surface area contributed by atoms with E-state index in [2.05, 4.69) is 10.1 Å². The van der Waals surface area contributed by atoms with Gasteiger partial charge in [-0.25, -0.2) is 4.79 Å². The van der Waals surface area contributed by atoms with Gasteiger partial charge in [0.15, 0.2) is 0 Å². The predicted molar refractivity (Wildman–Crippen MR) is 77.2 cm³/mol. The van der Waals surface area contributed by atoms with Gasteiger partial charge < -0.3 is 20.1 Å². The first-order chi connectivity index (χ1) is 10.8. The molecule has 0 saturated carbocycles. The zero-order valence-corrected chi connectivity index (χ0v) is 12.6. The topological polar surface area (TPSA) is 78.9 Å². The third kappa shape index (κ3) is 4.30. The molecule has 1 aromatic carbocycles. The van der Waals surface area contributed by atoms with Crippen molar-refractivity contribution in [2.75, 3.05) is 13.1 Å². The molecule has 1 aromatic rings. The van der Waals surface area contributed by atoms with Crippen LogP contribution in [0, 0.1) is 5.41 Å². The Morgan fingerprint density at radius 3 is 2.57 bits per heavy atom. The highest BCUT2D eigenvalue weighted by Gasteiger charge is 2.42. The van der Waals surface area contributed by atoms with Crippen LogP contribution in [-0.2, 0) is 11.3 Å². The molecule has 23 heavy (non-hydrogen) atoms. The summed E-state index contributed by atoms with van der Waals surface area (Å²) in [6, 6.07) is 5.59. The summed E-state index contributed by atoms with van der Waals surface area (Å²) in [5, 5.41) is 11.8. The predicted octanol–water partition coefficient (Wildman–Crippen LogP) is 2.29. The van der Waals surface area contributed by atoms with Crippen LogP contribution in [-0.4, -0.2) is 41.7 Å². The number of likely N-dealkylation sites (tertiary alicyclic amines) is 1. The molecular weight excluding hydrogens is 310 g/mol. The molecule has 0 aliphatic carbocycles. The van der Waals surface area contributed by atoms with Gasteiger partial charge in [-0.2, -0.15) is 8.78 Å². The zero-order chi connectivity index (χ0) is 17.0. The van der Waals surface area contributed by atoms with E-state index in [4.69, 9.17) is 5.11 Å². The number of amides is 2. The normalized spacial score (nSPS) is 20.6. The summed E-state index contributed by atoms with van der Waals surface area (Å²) >= 11 is 0. The quantitative estimate of drug-likeness (QED) is 0.869. The number of benzene rings is 1. The second kappa shape index (κ2) is 6.80. The van der Waals surface area contributed by atoms with Crippen LogP contribution >= 0.6 is 0 Å². The number of carboxylic acids is 1. The molecule has 0 aromatic heterocycles. The number of nitrogens with zero attached hydrogens (tertiary/aromatic N) is 1. The number of carbonyl (C=O) groups excluding carboxylic acids is 1. The summed E-state index contributed by atoms with van der Waals surface area (Å²) in [6.07, 6.45) is 0.412. The van der Waals surface area contributed by atoms with Crippen LogP contribution in [0.5, 0.6) is 5.75 Å². The van der Waals surface area contributed by atoms with Crippen LogP contribution in [0.2, 0.25) is 0 Å². The molecule has 1 aliphatic heterocycles. The highest BCUT2D eigenvalue weighted by atomic mass is 19.3. The average molecular weight is 328 g/mol. The van der Waals surface area contributed by atoms with E-state index in [1.54, 1.807) is 19.1 Å². The molecule has 2 rings (SSSR count). The maximum absolute atomic E-state index is 12.0. The van der Waals surface area contributed by atoms with Gasteiger partial charge in [-0.1, -0.05) is 12.1 Å². The Kier molecular flexibility index (Phi) is 5.02. The van der Waals surface area contributed by atoms with E-state index < -0.39 is 18.0 Å². The third-order valence-electron chi connectivity index (χ3n) is 3.87. The second-order valence-electron chi connectivity index (χ2n) is 5.72. The number of nitrogens with one attached hydrogen (secondary N) is 1. The van der Waals surface area contributed by atoms with Gasteiger partial charge >= 0.3 is 18.6 Å². The van der Waals surface area contributed by atoms with Crippen LogP contribution in [0.1, 0.15) is 18.9 Å². The van der Waals surface area contributed by atoms with Gasteiger partial charge in [0.05, 0.1) is 5.41 Å². The number of aliphatic carboxylic acids is 1. The van der Waals surface area contributed by atoms with Gasteiger partial charge in [-0.3, -0.25) is 4.79 Å². The number of halogens is 2. The Hall–Kier alpha value is -2.38. The second-order valence-corrected chi connectivity index (χ2v) is 5.72. The number of urea groups is 1. The Labute approximate surface area is 132 Å². The van der Waals surface area contributed by atoms with Gasteiger partial charge in [0, 0.05) is 19.6 Å². The van der Waals surface area contributed by atoms with Crippen molar-refractivity contribution in [1.29, 1.82) is 0 Å². The first kappa shape index (κ1) is 17.0. The Balaban J connectivity index is 1.84. The van der Waals surface area contributed by atoms with Crippen molar-refractivity contribution in [2.45, 2.75) is 26.5 Å². The number of hydrogen-bond acceptors (Lipinski definition) is 3. The Morgan fingerprint density at radius 2 is 2.04 bits per heavy atom. The fraction of sp³-hybridized carbons (Fsp3) is 0.467. The lowest BCUT2D eigenvalue weighted by molar-refractivity contribution is -0.147. The minimum Gasteiger partial charge on any atom is -0.481 e. The van der Waals surface area contributed by atoms with Crippen molar-refractivity contribution < 1.29 is 28.2 Å². The first-order valence-electron chi connectivity index (χ1n) is 7.10. The van der Waals surface area contributed by atoms with E-state index in [-0.39, 0.29) is 24.9 Å². The van der Waals surface area contributed by atoms with Crippen LogP contribution in [0.25, 0.3) is 0 Å². The van der Waals surface area contributed by atoms with Crippen molar-refractivity contribution >= 4 is 12.0 Å². The van der Waals surface area contributed by atoms with Crippen LogP contribution in [0.3, 0.4) is 0 Å². The number of alkyl halides is 2. The molecule has 1 unspecified atom stereocenters. The molecule has 126 valence electrons. The zero-order valence-electron chi connectivity index (χ0n) is 12.6. The van der Waals surface area contributed by atoms with Crippen molar-refractivity contribution in [3.05, 3.63) is 29.8 Å². The van der Waals surface area contributed by atoms with Crippen LogP contribution in [0.15, 0.2) is 24.3 Å². The lowest BCUT2D eigenvalue weighted by Crippen LogP contribution is -2.40. The van der Waals surface area contributed by atoms with Crippen molar-refractivity contribution in [2.24, 2.45) is 5.41 Å². The van der Waals surface area contributed by atoms with E-state index in [9.17, 15) is 18.4 Å². The average Bonchev–Trinajstić information content (AvgIpc) is 2.90. The van der Waals surface area contributed by atoms with E-state index in [0.717, 1.165) is 5.56 Å². The number of rotatable bonds is 5. The maximum Gasteiger partial charge on any atom is 0.387 e. The highest BCUT2D eigenvalue weighted by molar-refractivity contribution is 5.79. The van der Waals surface area contributed by atoms with E-state index in [0.29, 0.717) is 13.0 Å². The fourth-order valence-corrected chi connectivity index (χ4v) is 2.39. The summed E-state index contributed by atoms with van der Waals surface area (Å²) in [6.45, 7) is -0.497. The van der Waals surface area contributed by atoms with E-state index in [1.165, 1.54) is 17.0 Å². The number of ether oxygens (including phenoxy) is 1. The molecule has 0 radical (unpaired) electrons. The van der Waals surface area contributed by atoms with Gasteiger partial charge in [0.2, 0.25) is 0 Å². The first-order valence-corrected chi connectivity index (χ1v) is 7.10. The van der Waals surface area contributed by atoms with Crippen LogP contribution in [0.4, 0.5) is 13.6 Å². The monoisotopic (exact) mass is 328 g/mol. The van der Waals surface area contributed by atoms with E-state index in [1.807, 2.05) is 0 Å². The van der Waals surface area contributed by atoms with Crippen molar-refractivity contribution in [3.63, 3.8) is 0 Å². The lowest BCUT2D eigenvalue weighted by atomic mass is 9.90. The van der Waals surface area contributed by atoms with E-state index >= 15 is 0 Å². The molecule has 1 atom stereocenters. The minimum absolute atomic E-state index is 0.0480. The Bertz CT molecular complexity index is 579. The summed E-state index contributed by atoms with van der Waals surface area (Å²) < 4.78 is 28.3. The minimum atomic E-state index is -2.88. The van der Waals surface area contributed by atoms with Crippen LogP contribution < -0.4 is 10.1 Å². The number of carboxylic acid groups (broad SMARTS) is 1. The van der Waals surface area contributed by atoms with Gasteiger partial charge in [-0.05, 0) is 31.0 Å². The summed E-state index contributed by atoms with van der Waals surface area (Å²) in [5.41, 5.74) is -0.189. The highest BCUT2D eigenvalue weighted by Crippen LogP contribution is 2.30. The molecule has 1 aliphatic rings. The lowest BCUT2D eigenvalue weighted by Gasteiger charge is -2.20. The molecule has 2 amide bonds. The smallest absolute Gasteiger partial charge is 0.387 e. The summed E-state index contributed by atoms with van der Waals surface area (Å²) in [4.78, 5) is 24.7. The Morgan fingerprint density at radius 1 is 1.39 bits per heavy atom. The van der Waals surface area contributed by atoms with Gasteiger partial charge in [0.25, 0.3) is 0 Å². The standard InChI is InChI=1S/C15H18F2N2O4/c1-15(12(20)21)6-7-19(9-15)14(22)18-8-10-2-4-11(5-3-10)23-13(16)17/h2-5,13H,6-9H2,1H3,(H,18,22)(H,20,21). The molecular formula is C15H18F2N2O4. The molecule has 0 spiro atoms.